The third-order valence-electron chi connectivity index (χ3n) is 4.93. The molecule has 0 aliphatic rings. The minimum atomic E-state index is -0.0101. The van der Waals surface area contributed by atoms with E-state index in [4.69, 9.17) is 0 Å². The fraction of sp³-hybridized carbons (Fsp3) is 0.381. The number of aromatic nitrogens is 3. The Labute approximate surface area is 164 Å². The van der Waals surface area contributed by atoms with Crippen LogP contribution in [0.2, 0.25) is 0 Å². The molecule has 6 heteroatoms. The Balaban J connectivity index is 1.76. The highest BCUT2D eigenvalue weighted by Crippen LogP contribution is 2.28. The maximum absolute atomic E-state index is 13.0. The zero-order valence-electron chi connectivity index (χ0n) is 16.3. The highest BCUT2D eigenvalue weighted by Gasteiger charge is 2.22. The van der Waals surface area contributed by atoms with E-state index >= 15 is 0 Å². The predicted molar refractivity (Wildman–Crippen MR) is 110 cm³/mol. The van der Waals surface area contributed by atoms with Gasteiger partial charge in [0, 0.05) is 11.9 Å². The van der Waals surface area contributed by atoms with Crippen molar-refractivity contribution in [3.05, 3.63) is 63.9 Å². The van der Waals surface area contributed by atoms with Crippen molar-refractivity contribution in [2.24, 2.45) is 0 Å². The van der Waals surface area contributed by atoms with E-state index in [1.807, 2.05) is 36.2 Å². The van der Waals surface area contributed by atoms with Gasteiger partial charge >= 0.3 is 0 Å². The van der Waals surface area contributed by atoms with Crippen molar-refractivity contribution < 1.29 is 4.79 Å². The molecule has 3 aromatic rings. The van der Waals surface area contributed by atoms with Crippen LogP contribution in [0.25, 0.3) is 5.69 Å². The number of aryl methyl sites for hydroxylation is 2. The fourth-order valence-corrected chi connectivity index (χ4v) is 4.47. The monoisotopic (exact) mass is 382 g/mol. The average Bonchev–Trinajstić information content (AvgIpc) is 3.37. The minimum Gasteiger partial charge on any atom is -0.334 e. The third kappa shape index (κ3) is 4.11. The summed E-state index contributed by atoms with van der Waals surface area (Å²) in [4.78, 5) is 21.0. The second-order valence-electron chi connectivity index (χ2n) is 6.69. The fourth-order valence-electron chi connectivity index (χ4n) is 3.13. The van der Waals surface area contributed by atoms with Crippen LogP contribution in [0.4, 0.5) is 0 Å². The first-order chi connectivity index (χ1) is 13.0. The summed E-state index contributed by atoms with van der Waals surface area (Å²) in [6, 6.07) is 10.1. The Morgan fingerprint density at radius 1 is 1.26 bits per heavy atom. The van der Waals surface area contributed by atoms with Crippen molar-refractivity contribution >= 4 is 17.2 Å². The molecule has 5 nitrogen and oxygen atoms in total. The zero-order valence-corrected chi connectivity index (χ0v) is 17.2. The van der Waals surface area contributed by atoms with Crippen LogP contribution in [-0.4, -0.2) is 32.6 Å². The molecular weight excluding hydrogens is 356 g/mol. The van der Waals surface area contributed by atoms with Crippen LogP contribution in [-0.2, 0) is 12.8 Å². The smallest absolute Gasteiger partial charge is 0.264 e. The number of hydrogen-bond donors (Lipinski definition) is 0. The number of nitrogens with zero attached hydrogens (tertiary/aromatic N) is 4. The summed E-state index contributed by atoms with van der Waals surface area (Å²) in [7, 11) is 1.88. The topological polar surface area (TPSA) is 51.0 Å². The summed E-state index contributed by atoms with van der Waals surface area (Å²) < 4.78 is 1.72. The van der Waals surface area contributed by atoms with Gasteiger partial charge in [0.25, 0.3) is 5.91 Å². The summed E-state index contributed by atoms with van der Waals surface area (Å²) in [5.41, 5.74) is 3.35. The summed E-state index contributed by atoms with van der Waals surface area (Å²) in [5, 5.41) is 4.14. The van der Waals surface area contributed by atoms with Gasteiger partial charge in [-0.05, 0) is 49.1 Å². The van der Waals surface area contributed by atoms with Crippen molar-refractivity contribution in [1.29, 1.82) is 0 Å². The molecule has 0 spiro atoms. The molecule has 0 fully saturated rings. The van der Waals surface area contributed by atoms with Crippen LogP contribution < -0.4 is 0 Å². The third-order valence-corrected chi connectivity index (χ3v) is 6.15. The Hall–Kier alpha value is -2.47. The molecule has 0 N–H and O–H groups in total. The largest absolute Gasteiger partial charge is 0.334 e. The lowest BCUT2D eigenvalue weighted by molar-refractivity contribution is 0.0747. The Morgan fingerprint density at radius 3 is 2.59 bits per heavy atom. The molecule has 2 heterocycles. The Morgan fingerprint density at radius 2 is 2.00 bits per heavy atom. The molecule has 2 aromatic heterocycles. The van der Waals surface area contributed by atoms with E-state index in [1.54, 1.807) is 22.3 Å². The number of carbonyl (C=O) groups is 1. The molecular formula is C21H26N4OS. The van der Waals surface area contributed by atoms with E-state index in [-0.39, 0.29) is 11.9 Å². The van der Waals surface area contributed by atoms with Crippen LogP contribution in [0.5, 0.6) is 0 Å². The molecule has 0 bridgehead atoms. The van der Waals surface area contributed by atoms with E-state index < -0.39 is 0 Å². The first-order valence-corrected chi connectivity index (χ1v) is 10.2. The molecule has 0 aliphatic carbocycles. The van der Waals surface area contributed by atoms with E-state index in [9.17, 15) is 4.79 Å². The number of carbonyl (C=O) groups excluding carboxylic acids is 1. The molecule has 0 saturated carbocycles. The van der Waals surface area contributed by atoms with Gasteiger partial charge in [0.1, 0.15) is 12.7 Å². The van der Waals surface area contributed by atoms with Crippen molar-refractivity contribution in [1.82, 2.24) is 19.7 Å². The van der Waals surface area contributed by atoms with Gasteiger partial charge < -0.3 is 4.90 Å². The SMILES string of the molecule is CCCc1sc(C(=O)N(C)C(C)c2ccc(-n3cncn3)cc2)cc1CC. The minimum absolute atomic E-state index is 0.0101. The molecule has 0 saturated heterocycles. The Kier molecular flexibility index (Phi) is 6.06. The van der Waals surface area contributed by atoms with Crippen molar-refractivity contribution in [3.8, 4) is 5.69 Å². The summed E-state index contributed by atoms with van der Waals surface area (Å²) in [6.07, 6.45) is 6.31. The van der Waals surface area contributed by atoms with Gasteiger partial charge in [-0.1, -0.05) is 32.4 Å². The number of thiophene rings is 1. The summed E-state index contributed by atoms with van der Waals surface area (Å²) >= 11 is 1.65. The molecule has 1 aromatic carbocycles. The van der Waals surface area contributed by atoms with Crippen LogP contribution in [0.1, 0.15) is 58.9 Å². The molecule has 0 radical (unpaired) electrons. The highest BCUT2D eigenvalue weighted by atomic mass is 32.1. The molecule has 1 unspecified atom stereocenters. The number of rotatable bonds is 7. The van der Waals surface area contributed by atoms with E-state index in [1.165, 1.54) is 16.8 Å². The lowest BCUT2D eigenvalue weighted by Crippen LogP contribution is -2.29. The molecule has 0 aliphatic heterocycles. The molecule has 3 rings (SSSR count). The van der Waals surface area contributed by atoms with Crippen LogP contribution in [0.15, 0.2) is 43.0 Å². The highest BCUT2D eigenvalue weighted by molar-refractivity contribution is 7.14. The lowest BCUT2D eigenvalue weighted by atomic mass is 10.1. The van der Waals surface area contributed by atoms with Crippen molar-refractivity contribution in [2.75, 3.05) is 7.05 Å². The van der Waals surface area contributed by atoms with E-state index in [0.717, 1.165) is 35.4 Å². The van der Waals surface area contributed by atoms with E-state index in [0.29, 0.717) is 0 Å². The van der Waals surface area contributed by atoms with Gasteiger partial charge in [0.05, 0.1) is 16.6 Å². The average molecular weight is 383 g/mol. The normalized spacial score (nSPS) is 12.1. The van der Waals surface area contributed by atoms with Crippen LogP contribution >= 0.6 is 11.3 Å². The summed E-state index contributed by atoms with van der Waals surface area (Å²) in [5.74, 6) is 0.0879. The Bertz CT molecular complexity index is 884. The second kappa shape index (κ2) is 8.48. The van der Waals surface area contributed by atoms with Crippen LogP contribution in [0.3, 0.4) is 0 Å². The number of amides is 1. The predicted octanol–water partition coefficient (Wildman–Crippen LogP) is 4.68. The maximum Gasteiger partial charge on any atom is 0.264 e. The van der Waals surface area contributed by atoms with Gasteiger partial charge in [0.2, 0.25) is 0 Å². The first kappa shape index (κ1) is 19.3. The maximum atomic E-state index is 13.0. The second-order valence-corrected chi connectivity index (χ2v) is 7.82. The number of hydrogen-bond acceptors (Lipinski definition) is 4. The molecule has 142 valence electrons. The quantitative estimate of drug-likeness (QED) is 0.596. The van der Waals surface area contributed by atoms with Crippen LogP contribution in [0, 0.1) is 0 Å². The molecule has 27 heavy (non-hydrogen) atoms. The van der Waals surface area contributed by atoms with Gasteiger partial charge in [-0.2, -0.15) is 5.10 Å². The standard InChI is InChI=1S/C21H26N4OS/c1-5-7-19-16(6-2)12-20(27-19)21(26)24(4)15(3)17-8-10-18(11-9-17)25-14-22-13-23-25/h8-15H,5-7H2,1-4H3. The van der Waals surface area contributed by atoms with Crippen molar-refractivity contribution in [2.45, 2.75) is 46.1 Å². The van der Waals surface area contributed by atoms with E-state index in [2.05, 4.69) is 36.9 Å². The zero-order chi connectivity index (χ0) is 19.4. The van der Waals surface area contributed by atoms with Gasteiger partial charge in [0.15, 0.2) is 0 Å². The van der Waals surface area contributed by atoms with Gasteiger partial charge in [-0.25, -0.2) is 9.67 Å². The van der Waals surface area contributed by atoms with Gasteiger partial charge in [-0.3, -0.25) is 4.79 Å². The van der Waals surface area contributed by atoms with Crippen molar-refractivity contribution in [3.63, 3.8) is 0 Å². The summed E-state index contributed by atoms with van der Waals surface area (Å²) in [6.45, 7) is 6.39. The van der Waals surface area contributed by atoms with Gasteiger partial charge in [-0.15, -0.1) is 11.3 Å². The first-order valence-electron chi connectivity index (χ1n) is 9.38. The molecule has 1 amide bonds. The lowest BCUT2D eigenvalue weighted by Gasteiger charge is -2.25. The molecule has 1 atom stereocenters. The number of benzene rings is 1.